The number of benzene rings is 1. The van der Waals surface area contributed by atoms with E-state index in [0.717, 1.165) is 36.5 Å². The number of hydrogen-bond acceptors (Lipinski definition) is 2. The Balaban J connectivity index is 1.28. The zero-order valence-corrected chi connectivity index (χ0v) is 17.8. The fourth-order valence-corrected chi connectivity index (χ4v) is 5.66. The Bertz CT molecular complexity index is 746. The summed E-state index contributed by atoms with van der Waals surface area (Å²) in [5, 5.41) is 0. The molecule has 1 aromatic carbocycles. The van der Waals surface area contributed by atoms with Crippen LogP contribution in [-0.2, 0) is 0 Å². The van der Waals surface area contributed by atoms with Crippen LogP contribution in [0.5, 0.6) is 11.5 Å². The molecule has 1 unspecified atom stereocenters. The van der Waals surface area contributed by atoms with Gasteiger partial charge in [-0.05, 0) is 92.7 Å². The summed E-state index contributed by atoms with van der Waals surface area (Å²) in [6, 6.07) is 1.49. The molecule has 0 bridgehead atoms. The van der Waals surface area contributed by atoms with Gasteiger partial charge in [-0.2, -0.15) is 8.78 Å². The second-order valence-electron chi connectivity index (χ2n) is 9.40. The predicted molar refractivity (Wildman–Crippen MR) is 111 cm³/mol. The second-order valence-corrected chi connectivity index (χ2v) is 9.40. The third kappa shape index (κ3) is 4.46. The van der Waals surface area contributed by atoms with Gasteiger partial charge in [-0.3, -0.25) is 0 Å². The highest BCUT2D eigenvalue weighted by molar-refractivity contribution is 5.42. The molecule has 3 aliphatic rings. The standard InChI is InChI=1S/C25H34F2O2/c1-16-14-22(28-2)23(26)24(27)25(16)29-15-17-6-8-19(9-7-17)21-12-10-20(11-13-21)18-4-3-5-18/h6,14,18-21H,3-5,7-13,15H2,1-2H3. The lowest BCUT2D eigenvalue weighted by atomic mass is 9.65. The highest BCUT2D eigenvalue weighted by atomic mass is 19.2. The van der Waals surface area contributed by atoms with E-state index in [2.05, 4.69) is 6.08 Å². The van der Waals surface area contributed by atoms with E-state index < -0.39 is 11.6 Å². The molecule has 2 fully saturated rings. The van der Waals surface area contributed by atoms with Crippen LogP contribution in [0.1, 0.15) is 69.8 Å². The summed E-state index contributed by atoms with van der Waals surface area (Å²) in [5.41, 5.74) is 1.76. The molecule has 0 aliphatic heterocycles. The summed E-state index contributed by atoms with van der Waals surface area (Å²) in [7, 11) is 1.33. The molecule has 0 saturated heterocycles. The second kappa shape index (κ2) is 9.06. The van der Waals surface area contributed by atoms with Crippen LogP contribution in [0.3, 0.4) is 0 Å². The Morgan fingerprint density at radius 2 is 1.55 bits per heavy atom. The molecule has 29 heavy (non-hydrogen) atoms. The number of ether oxygens (including phenoxy) is 2. The fourth-order valence-electron chi connectivity index (χ4n) is 5.66. The largest absolute Gasteiger partial charge is 0.494 e. The zero-order valence-electron chi connectivity index (χ0n) is 17.8. The smallest absolute Gasteiger partial charge is 0.204 e. The molecule has 4 rings (SSSR count). The van der Waals surface area contributed by atoms with Crippen molar-refractivity contribution >= 4 is 0 Å². The maximum Gasteiger partial charge on any atom is 0.204 e. The molecular formula is C25H34F2O2. The van der Waals surface area contributed by atoms with Crippen LogP contribution in [0, 0.1) is 42.2 Å². The van der Waals surface area contributed by atoms with Crippen molar-refractivity contribution in [1.29, 1.82) is 0 Å². The van der Waals surface area contributed by atoms with Crippen molar-refractivity contribution in [1.82, 2.24) is 0 Å². The average molecular weight is 405 g/mol. The Hall–Kier alpha value is -1.58. The maximum absolute atomic E-state index is 14.3. The number of allylic oxidation sites excluding steroid dienone is 1. The van der Waals surface area contributed by atoms with Crippen LogP contribution in [0.25, 0.3) is 0 Å². The van der Waals surface area contributed by atoms with Crippen LogP contribution < -0.4 is 9.47 Å². The van der Waals surface area contributed by atoms with Crippen molar-refractivity contribution in [2.75, 3.05) is 13.7 Å². The highest BCUT2D eigenvalue weighted by Gasteiger charge is 2.33. The zero-order chi connectivity index (χ0) is 20.4. The molecule has 2 saturated carbocycles. The van der Waals surface area contributed by atoms with Crippen molar-refractivity contribution in [2.45, 2.75) is 71.1 Å². The van der Waals surface area contributed by atoms with Gasteiger partial charge >= 0.3 is 0 Å². The van der Waals surface area contributed by atoms with Crippen LogP contribution in [-0.4, -0.2) is 13.7 Å². The van der Waals surface area contributed by atoms with E-state index in [9.17, 15) is 8.78 Å². The Morgan fingerprint density at radius 3 is 2.10 bits per heavy atom. The lowest BCUT2D eigenvalue weighted by molar-refractivity contribution is 0.114. The number of hydrogen-bond donors (Lipinski definition) is 0. The average Bonchev–Trinajstić information content (AvgIpc) is 2.70. The number of methoxy groups -OCH3 is 1. The van der Waals surface area contributed by atoms with E-state index in [0.29, 0.717) is 12.2 Å². The van der Waals surface area contributed by atoms with Crippen LogP contribution in [0.4, 0.5) is 8.78 Å². The Kier molecular flexibility index (Phi) is 6.46. The first-order chi connectivity index (χ1) is 14.1. The molecule has 0 radical (unpaired) electrons. The molecule has 1 aromatic rings. The van der Waals surface area contributed by atoms with Crippen molar-refractivity contribution in [2.24, 2.45) is 23.7 Å². The van der Waals surface area contributed by atoms with Gasteiger partial charge in [0.25, 0.3) is 0 Å². The summed E-state index contributed by atoms with van der Waals surface area (Å²) < 4.78 is 38.8. The lowest BCUT2D eigenvalue weighted by Crippen LogP contribution is -2.29. The van der Waals surface area contributed by atoms with Gasteiger partial charge in [-0.15, -0.1) is 0 Å². The topological polar surface area (TPSA) is 18.5 Å². The van der Waals surface area contributed by atoms with Gasteiger partial charge in [0, 0.05) is 0 Å². The lowest BCUT2D eigenvalue weighted by Gasteiger charge is -2.41. The van der Waals surface area contributed by atoms with Gasteiger partial charge in [0.05, 0.1) is 7.11 Å². The summed E-state index contributed by atoms with van der Waals surface area (Å²) >= 11 is 0. The van der Waals surface area contributed by atoms with E-state index in [1.165, 1.54) is 70.1 Å². The first kappa shape index (κ1) is 20.7. The number of rotatable bonds is 6. The SMILES string of the molecule is COc1cc(C)c(OCC2=CCC(C3CCC(C4CCC4)CC3)CC2)c(F)c1F. The van der Waals surface area contributed by atoms with Crippen LogP contribution in [0.15, 0.2) is 17.7 Å². The molecule has 0 aromatic heterocycles. The monoisotopic (exact) mass is 404 g/mol. The first-order valence-electron chi connectivity index (χ1n) is 11.4. The molecule has 0 N–H and O–H groups in total. The summed E-state index contributed by atoms with van der Waals surface area (Å²) in [5.74, 6) is 1.68. The van der Waals surface area contributed by atoms with E-state index >= 15 is 0 Å². The first-order valence-corrected chi connectivity index (χ1v) is 11.4. The van der Waals surface area contributed by atoms with E-state index in [1.807, 2.05) is 0 Å². The van der Waals surface area contributed by atoms with Gasteiger partial charge in [0.1, 0.15) is 6.61 Å². The summed E-state index contributed by atoms with van der Waals surface area (Å²) in [4.78, 5) is 0. The molecule has 0 heterocycles. The Labute approximate surface area is 173 Å². The van der Waals surface area contributed by atoms with Gasteiger partial charge in [-0.25, -0.2) is 0 Å². The van der Waals surface area contributed by atoms with Crippen molar-refractivity contribution in [3.63, 3.8) is 0 Å². The molecule has 0 spiro atoms. The summed E-state index contributed by atoms with van der Waals surface area (Å²) in [6.07, 6.45) is 15.7. The molecule has 0 amide bonds. The Morgan fingerprint density at radius 1 is 0.897 bits per heavy atom. The predicted octanol–water partition coefficient (Wildman–Crippen LogP) is 6.99. The van der Waals surface area contributed by atoms with Crippen molar-refractivity contribution in [3.05, 3.63) is 34.9 Å². The molecular weight excluding hydrogens is 370 g/mol. The highest BCUT2D eigenvalue weighted by Crippen LogP contribution is 2.46. The van der Waals surface area contributed by atoms with E-state index in [-0.39, 0.29) is 11.5 Å². The fraction of sp³-hybridized carbons (Fsp3) is 0.680. The van der Waals surface area contributed by atoms with E-state index in [4.69, 9.17) is 9.47 Å². The minimum absolute atomic E-state index is 0.000593. The van der Waals surface area contributed by atoms with Crippen LogP contribution >= 0.6 is 0 Å². The van der Waals surface area contributed by atoms with Gasteiger partial charge in [0.2, 0.25) is 11.6 Å². The maximum atomic E-state index is 14.3. The van der Waals surface area contributed by atoms with Gasteiger partial charge in [0.15, 0.2) is 11.5 Å². The number of aryl methyl sites for hydroxylation is 1. The van der Waals surface area contributed by atoms with Crippen LogP contribution in [0.2, 0.25) is 0 Å². The number of halogens is 2. The van der Waals surface area contributed by atoms with E-state index in [1.54, 1.807) is 6.92 Å². The normalized spacial score (nSPS) is 27.9. The van der Waals surface area contributed by atoms with Crippen molar-refractivity contribution < 1.29 is 18.3 Å². The molecule has 1 atom stereocenters. The van der Waals surface area contributed by atoms with Gasteiger partial charge in [-0.1, -0.05) is 25.3 Å². The minimum Gasteiger partial charge on any atom is -0.494 e. The quantitative estimate of drug-likeness (QED) is 0.476. The molecule has 4 heteroatoms. The van der Waals surface area contributed by atoms with Gasteiger partial charge < -0.3 is 9.47 Å². The summed E-state index contributed by atoms with van der Waals surface area (Å²) in [6.45, 7) is 2.05. The molecule has 160 valence electrons. The third-order valence-electron chi connectivity index (χ3n) is 7.78. The molecule has 3 aliphatic carbocycles. The third-order valence-corrected chi connectivity index (χ3v) is 7.78. The molecule has 2 nitrogen and oxygen atoms in total. The minimum atomic E-state index is -0.983. The van der Waals surface area contributed by atoms with Crippen molar-refractivity contribution in [3.8, 4) is 11.5 Å².